The smallest absolute Gasteiger partial charge is 0.416 e. The summed E-state index contributed by atoms with van der Waals surface area (Å²) in [4.78, 5) is 12.5. The first-order valence-corrected chi connectivity index (χ1v) is 9.24. The van der Waals surface area contributed by atoms with Gasteiger partial charge in [0, 0.05) is 23.8 Å². The van der Waals surface area contributed by atoms with Gasteiger partial charge in [-0.05, 0) is 41.8 Å². The molecule has 0 amide bonds. The fraction of sp³-hybridized carbons (Fsp3) is 0.0870. The van der Waals surface area contributed by atoms with Crippen LogP contribution in [0.15, 0.2) is 63.8 Å². The molecule has 0 bridgehead atoms. The molecule has 0 saturated heterocycles. The van der Waals surface area contributed by atoms with Crippen LogP contribution in [0.4, 0.5) is 13.2 Å². The van der Waals surface area contributed by atoms with Crippen molar-refractivity contribution >= 4 is 11.0 Å². The maximum Gasteiger partial charge on any atom is 0.416 e. The number of fused-ring (bicyclic) bond motifs is 1. The van der Waals surface area contributed by atoms with Gasteiger partial charge >= 0.3 is 6.18 Å². The van der Waals surface area contributed by atoms with Crippen LogP contribution in [0.3, 0.4) is 0 Å². The van der Waals surface area contributed by atoms with Gasteiger partial charge in [-0.2, -0.15) is 13.2 Å². The van der Waals surface area contributed by atoms with E-state index < -0.39 is 34.4 Å². The Morgan fingerprint density at radius 3 is 2.12 bits per heavy atom. The van der Waals surface area contributed by atoms with Crippen LogP contribution in [0.1, 0.15) is 16.7 Å². The molecule has 1 heterocycles. The molecule has 164 valence electrons. The molecular weight excluding hydrogens is 429 g/mol. The highest BCUT2D eigenvalue weighted by atomic mass is 19.4. The summed E-state index contributed by atoms with van der Waals surface area (Å²) in [7, 11) is 0. The fourth-order valence-electron chi connectivity index (χ4n) is 3.41. The van der Waals surface area contributed by atoms with Crippen molar-refractivity contribution in [3.05, 3.63) is 81.5 Å². The Morgan fingerprint density at radius 1 is 0.812 bits per heavy atom. The van der Waals surface area contributed by atoms with Crippen molar-refractivity contribution in [2.24, 2.45) is 0 Å². The molecule has 0 aliphatic rings. The number of rotatable bonds is 3. The van der Waals surface area contributed by atoms with E-state index in [0.29, 0.717) is 11.1 Å². The SMILES string of the molecule is O=c1cc(-c2cc(O)c(O)cc2Cc2ccc(C(F)(F)F)cc2)oc2cc(O)cc(O)c12. The van der Waals surface area contributed by atoms with Crippen LogP contribution < -0.4 is 5.43 Å². The zero-order valence-corrected chi connectivity index (χ0v) is 16.1. The summed E-state index contributed by atoms with van der Waals surface area (Å²) in [6, 6.07) is 9.98. The molecule has 0 unspecified atom stereocenters. The van der Waals surface area contributed by atoms with Crippen LogP contribution in [0.5, 0.6) is 23.0 Å². The molecule has 1 aromatic heterocycles. The Bertz CT molecular complexity index is 1390. The van der Waals surface area contributed by atoms with Gasteiger partial charge in [0.25, 0.3) is 0 Å². The lowest BCUT2D eigenvalue weighted by atomic mass is 9.96. The zero-order valence-electron chi connectivity index (χ0n) is 16.1. The molecule has 3 aromatic carbocycles. The fourth-order valence-corrected chi connectivity index (χ4v) is 3.41. The summed E-state index contributed by atoms with van der Waals surface area (Å²) >= 11 is 0. The monoisotopic (exact) mass is 444 g/mol. The normalized spacial score (nSPS) is 11.7. The summed E-state index contributed by atoms with van der Waals surface area (Å²) in [5, 5.41) is 39.4. The highest BCUT2D eigenvalue weighted by molar-refractivity contribution is 5.86. The molecule has 4 rings (SSSR count). The average Bonchev–Trinajstić information content (AvgIpc) is 2.69. The van der Waals surface area contributed by atoms with Crippen molar-refractivity contribution in [2.45, 2.75) is 12.6 Å². The highest BCUT2D eigenvalue weighted by Crippen LogP contribution is 2.37. The van der Waals surface area contributed by atoms with Crippen LogP contribution in [0.2, 0.25) is 0 Å². The van der Waals surface area contributed by atoms with Crippen molar-refractivity contribution in [3.63, 3.8) is 0 Å². The van der Waals surface area contributed by atoms with Gasteiger partial charge in [0.15, 0.2) is 16.9 Å². The largest absolute Gasteiger partial charge is 0.508 e. The van der Waals surface area contributed by atoms with E-state index in [1.807, 2.05) is 0 Å². The van der Waals surface area contributed by atoms with Gasteiger partial charge in [0.2, 0.25) is 0 Å². The molecule has 4 N–H and O–H groups in total. The summed E-state index contributed by atoms with van der Waals surface area (Å²) < 4.78 is 44.1. The molecule has 0 spiro atoms. The first kappa shape index (κ1) is 21.1. The molecule has 0 radical (unpaired) electrons. The van der Waals surface area contributed by atoms with Gasteiger partial charge in [-0.25, -0.2) is 0 Å². The van der Waals surface area contributed by atoms with Gasteiger partial charge in [-0.3, -0.25) is 4.79 Å². The summed E-state index contributed by atoms with van der Waals surface area (Å²) in [5.41, 5.74) is -0.517. The van der Waals surface area contributed by atoms with Crippen molar-refractivity contribution in [1.29, 1.82) is 0 Å². The van der Waals surface area contributed by atoms with E-state index in [9.17, 15) is 38.4 Å². The van der Waals surface area contributed by atoms with Gasteiger partial charge in [0.05, 0.1) is 5.56 Å². The third-order valence-electron chi connectivity index (χ3n) is 4.94. The van der Waals surface area contributed by atoms with Crippen LogP contribution in [-0.4, -0.2) is 20.4 Å². The number of phenols is 4. The minimum atomic E-state index is -4.48. The summed E-state index contributed by atoms with van der Waals surface area (Å²) in [5.74, 6) is -1.82. The Hall–Kier alpha value is -4.14. The topological polar surface area (TPSA) is 111 Å². The number of hydrogen-bond donors (Lipinski definition) is 4. The number of aromatic hydroxyl groups is 4. The molecule has 9 heteroatoms. The van der Waals surface area contributed by atoms with Crippen molar-refractivity contribution in [2.75, 3.05) is 0 Å². The quantitative estimate of drug-likeness (QED) is 0.335. The molecular formula is C23H15F3O6. The predicted octanol–water partition coefficient (Wildman–Crippen LogP) is 4.89. The molecule has 0 fully saturated rings. The molecule has 6 nitrogen and oxygen atoms in total. The first-order chi connectivity index (χ1) is 15.0. The predicted molar refractivity (Wildman–Crippen MR) is 109 cm³/mol. The number of hydrogen-bond acceptors (Lipinski definition) is 6. The van der Waals surface area contributed by atoms with Crippen molar-refractivity contribution in [3.8, 4) is 34.3 Å². The van der Waals surface area contributed by atoms with E-state index in [1.165, 1.54) is 18.2 Å². The third kappa shape index (κ3) is 3.92. The number of halogens is 3. The van der Waals surface area contributed by atoms with E-state index in [0.717, 1.165) is 36.4 Å². The Kier molecular flexibility index (Phi) is 4.96. The Morgan fingerprint density at radius 2 is 1.47 bits per heavy atom. The van der Waals surface area contributed by atoms with Gasteiger partial charge in [-0.15, -0.1) is 0 Å². The molecule has 32 heavy (non-hydrogen) atoms. The van der Waals surface area contributed by atoms with E-state index in [2.05, 4.69) is 0 Å². The van der Waals surface area contributed by atoms with E-state index in [1.54, 1.807) is 0 Å². The lowest BCUT2D eigenvalue weighted by Gasteiger charge is -2.13. The molecule has 0 saturated carbocycles. The second-order valence-corrected chi connectivity index (χ2v) is 7.18. The van der Waals surface area contributed by atoms with Gasteiger partial charge in [-0.1, -0.05) is 12.1 Å². The van der Waals surface area contributed by atoms with Crippen LogP contribution in [0.25, 0.3) is 22.3 Å². The van der Waals surface area contributed by atoms with E-state index in [-0.39, 0.29) is 34.5 Å². The second kappa shape index (κ2) is 7.52. The van der Waals surface area contributed by atoms with E-state index in [4.69, 9.17) is 4.42 Å². The number of benzene rings is 3. The minimum absolute atomic E-state index is 0.0373. The zero-order chi connectivity index (χ0) is 23.2. The molecule has 4 aromatic rings. The standard InChI is InChI=1S/C23H15F3O6/c24-23(25,26)13-3-1-11(2-4-13)5-12-6-16(28)17(29)9-15(12)20-10-19(31)22-18(30)7-14(27)8-21(22)32-20/h1-4,6-10,27-30H,5H2. The van der Waals surface area contributed by atoms with Gasteiger partial charge < -0.3 is 24.8 Å². The molecule has 0 aliphatic carbocycles. The van der Waals surface area contributed by atoms with Crippen LogP contribution in [-0.2, 0) is 12.6 Å². The average molecular weight is 444 g/mol. The maximum atomic E-state index is 12.8. The molecule has 0 atom stereocenters. The lowest BCUT2D eigenvalue weighted by molar-refractivity contribution is -0.137. The molecule has 0 aliphatic heterocycles. The van der Waals surface area contributed by atoms with Gasteiger partial charge in [0.1, 0.15) is 28.2 Å². The second-order valence-electron chi connectivity index (χ2n) is 7.18. The summed E-state index contributed by atoms with van der Waals surface area (Å²) in [6.07, 6.45) is -4.43. The maximum absolute atomic E-state index is 12.8. The lowest BCUT2D eigenvalue weighted by Crippen LogP contribution is -2.05. The number of phenolic OH excluding ortho intramolecular Hbond substituents is 4. The first-order valence-electron chi connectivity index (χ1n) is 9.24. The minimum Gasteiger partial charge on any atom is -0.508 e. The van der Waals surface area contributed by atoms with Crippen LogP contribution >= 0.6 is 0 Å². The highest BCUT2D eigenvalue weighted by Gasteiger charge is 2.30. The van der Waals surface area contributed by atoms with Crippen molar-refractivity contribution < 1.29 is 38.0 Å². The van der Waals surface area contributed by atoms with Crippen molar-refractivity contribution in [1.82, 2.24) is 0 Å². The Labute approximate surface area is 178 Å². The number of alkyl halides is 3. The van der Waals surface area contributed by atoms with E-state index >= 15 is 0 Å². The summed E-state index contributed by atoms with van der Waals surface area (Å²) in [6.45, 7) is 0. The third-order valence-corrected chi connectivity index (χ3v) is 4.94. The Balaban J connectivity index is 1.84. The van der Waals surface area contributed by atoms with Crippen LogP contribution in [0, 0.1) is 0 Å².